The van der Waals surface area contributed by atoms with Gasteiger partial charge in [0.25, 0.3) is 0 Å². The molecule has 1 heterocycles. The zero-order valence-electron chi connectivity index (χ0n) is 11.8. The maximum Gasteiger partial charge on any atom is 0.229 e. The number of carbonyl (C=O) groups is 1. The van der Waals surface area contributed by atoms with Crippen LogP contribution < -0.4 is 11.1 Å². The molecule has 4 N–H and O–H groups in total. The van der Waals surface area contributed by atoms with E-state index in [0.29, 0.717) is 0 Å². The van der Waals surface area contributed by atoms with Gasteiger partial charge in [0.1, 0.15) is 0 Å². The van der Waals surface area contributed by atoms with Gasteiger partial charge in [0.2, 0.25) is 5.91 Å². The molecule has 0 spiro atoms. The monoisotopic (exact) mass is 271 g/mol. The summed E-state index contributed by atoms with van der Waals surface area (Å²) in [6.45, 7) is 1.99. The van der Waals surface area contributed by atoms with E-state index in [9.17, 15) is 4.79 Å². The van der Waals surface area contributed by atoms with Gasteiger partial charge in [0.15, 0.2) is 0 Å². The highest BCUT2D eigenvalue weighted by Gasteiger charge is 2.37. The molecule has 20 heavy (non-hydrogen) atoms. The topological polar surface area (TPSA) is 70.9 Å². The summed E-state index contributed by atoms with van der Waals surface area (Å²) in [7, 11) is 0. The van der Waals surface area contributed by atoms with Crippen LogP contribution in [0.1, 0.15) is 32.6 Å². The summed E-state index contributed by atoms with van der Waals surface area (Å²) < 4.78 is 0. The van der Waals surface area contributed by atoms with Crippen molar-refractivity contribution < 1.29 is 4.79 Å². The van der Waals surface area contributed by atoms with Gasteiger partial charge in [0.05, 0.1) is 5.92 Å². The van der Waals surface area contributed by atoms with Gasteiger partial charge in [0, 0.05) is 28.3 Å². The Labute approximate surface area is 118 Å². The molecule has 4 nitrogen and oxygen atoms in total. The normalized spacial score (nSPS) is 26.6. The molecule has 4 heteroatoms. The number of fused-ring (bicyclic) bond motifs is 1. The molecule has 2 atom stereocenters. The Bertz CT molecular complexity index is 629. The molecule has 3 rings (SSSR count). The van der Waals surface area contributed by atoms with Gasteiger partial charge in [-0.2, -0.15) is 0 Å². The number of anilines is 1. The Morgan fingerprint density at radius 2 is 2.25 bits per heavy atom. The van der Waals surface area contributed by atoms with E-state index in [0.717, 1.165) is 42.3 Å². The minimum absolute atomic E-state index is 0.0459. The van der Waals surface area contributed by atoms with Crippen LogP contribution in [0.15, 0.2) is 30.5 Å². The van der Waals surface area contributed by atoms with Gasteiger partial charge in [-0.1, -0.05) is 12.8 Å². The Hall–Kier alpha value is -1.81. The number of hydrogen-bond acceptors (Lipinski definition) is 2. The highest BCUT2D eigenvalue weighted by molar-refractivity contribution is 5.95. The molecule has 1 aliphatic carbocycles. The van der Waals surface area contributed by atoms with Gasteiger partial charge in [-0.05, 0) is 44.0 Å². The first kappa shape index (κ1) is 13.2. The predicted molar refractivity (Wildman–Crippen MR) is 81.5 cm³/mol. The van der Waals surface area contributed by atoms with Crippen molar-refractivity contribution in [3.05, 3.63) is 30.5 Å². The zero-order chi connectivity index (χ0) is 14.2. The Morgan fingerprint density at radius 3 is 3.05 bits per heavy atom. The largest absolute Gasteiger partial charge is 0.361 e. The van der Waals surface area contributed by atoms with Crippen molar-refractivity contribution in [3.63, 3.8) is 0 Å². The average molecular weight is 271 g/mol. The summed E-state index contributed by atoms with van der Waals surface area (Å²) in [6, 6.07) is 7.89. The van der Waals surface area contributed by atoms with E-state index >= 15 is 0 Å². The third-order valence-electron chi connectivity index (χ3n) is 4.39. The van der Waals surface area contributed by atoms with Gasteiger partial charge >= 0.3 is 0 Å². The number of aromatic nitrogens is 1. The van der Waals surface area contributed by atoms with E-state index in [1.54, 1.807) is 0 Å². The fraction of sp³-hybridized carbons (Fsp3) is 0.438. The molecule has 106 valence electrons. The van der Waals surface area contributed by atoms with Crippen molar-refractivity contribution in [2.45, 2.75) is 38.1 Å². The molecular weight excluding hydrogens is 250 g/mol. The standard InChI is InChI=1S/C16H21N3O/c1-16(17)8-3-2-4-13(16)15(20)19-12-5-6-14-11(10-12)7-9-18-14/h5-7,9-10,13,18H,2-4,8,17H2,1H3,(H,19,20). The Morgan fingerprint density at radius 1 is 1.40 bits per heavy atom. The lowest BCUT2D eigenvalue weighted by atomic mass is 9.74. The first-order chi connectivity index (χ1) is 9.56. The maximum absolute atomic E-state index is 12.5. The molecule has 0 aliphatic heterocycles. The third-order valence-corrected chi connectivity index (χ3v) is 4.39. The van der Waals surface area contributed by atoms with Crippen LogP contribution in [0.25, 0.3) is 10.9 Å². The van der Waals surface area contributed by atoms with Crippen LogP contribution in [0.2, 0.25) is 0 Å². The number of benzene rings is 1. The summed E-state index contributed by atoms with van der Waals surface area (Å²) in [6.07, 6.45) is 5.90. The van der Waals surface area contributed by atoms with Crippen LogP contribution in [0, 0.1) is 5.92 Å². The molecule has 2 aromatic rings. The molecular formula is C16H21N3O. The van der Waals surface area contributed by atoms with Gasteiger partial charge in [-0.25, -0.2) is 0 Å². The van der Waals surface area contributed by atoms with Crippen LogP contribution in [0.5, 0.6) is 0 Å². The predicted octanol–water partition coefficient (Wildman–Crippen LogP) is 3.01. The molecule has 0 saturated heterocycles. The second kappa shape index (κ2) is 4.94. The van der Waals surface area contributed by atoms with Crippen LogP contribution in [-0.4, -0.2) is 16.4 Å². The van der Waals surface area contributed by atoms with Crippen molar-refractivity contribution in [1.82, 2.24) is 4.98 Å². The molecule has 1 fully saturated rings. The number of amides is 1. The first-order valence-corrected chi connectivity index (χ1v) is 7.23. The summed E-state index contributed by atoms with van der Waals surface area (Å²) >= 11 is 0. The van der Waals surface area contributed by atoms with E-state index in [-0.39, 0.29) is 17.4 Å². The van der Waals surface area contributed by atoms with Crippen molar-refractivity contribution in [1.29, 1.82) is 0 Å². The lowest BCUT2D eigenvalue weighted by Crippen LogP contribution is -2.51. The summed E-state index contributed by atoms with van der Waals surface area (Å²) in [5.74, 6) is -0.0530. The van der Waals surface area contributed by atoms with Gasteiger partial charge < -0.3 is 16.0 Å². The molecule has 0 radical (unpaired) electrons. The second-order valence-corrected chi connectivity index (χ2v) is 6.07. The first-order valence-electron chi connectivity index (χ1n) is 7.23. The fourth-order valence-corrected chi connectivity index (χ4v) is 3.15. The molecule has 1 aliphatic rings. The third kappa shape index (κ3) is 2.43. The average Bonchev–Trinajstić information content (AvgIpc) is 2.85. The fourth-order valence-electron chi connectivity index (χ4n) is 3.15. The van der Waals surface area contributed by atoms with Gasteiger partial charge in [-0.15, -0.1) is 0 Å². The van der Waals surface area contributed by atoms with E-state index < -0.39 is 0 Å². The molecule has 1 saturated carbocycles. The van der Waals surface area contributed by atoms with E-state index in [1.165, 1.54) is 0 Å². The number of hydrogen-bond donors (Lipinski definition) is 3. The molecule has 1 aromatic carbocycles. The molecule has 1 aromatic heterocycles. The Balaban J connectivity index is 1.77. The van der Waals surface area contributed by atoms with E-state index in [2.05, 4.69) is 10.3 Å². The lowest BCUT2D eigenvalue weighted by Gasteiger charge is -2.37. The minimum atomic E-state index is -0.388. The van der Waals surface area contributed by atoms with E-state index in [4.69, 9.17) is 5.73 Å². The van der Waals surface area contributed by atoms with Crippen LogP contribution >= 0.6 is 0 Å². The molecule has 2 unspecified atom stereocenters. The van der Waals surface area contributed by atoms with Crippen molar-refractivity contribution in [2.24, 2.45) is 11.7 Å². The highest BCUT2D eigenvalue weighted by Crippen LogP contribution is 2.32. The van der Waals surface area contributed by atoms with Gasteiger partial charge in [-0.3, -0.25) is 4.79 Å². The summed E-state index contributed by atoms with van der Waals surface area (Å²) in [5.41, 5.74) is 7.81. The minimum Gasteiger partial charge on any atom is -0.361 e. The zero-order valence-corrected chi connectivity index (χ0v) is 11.8. The smallest absolute Gasteiger partial charge is 0.229 e. The van der Waals surface area contributed by atoms with Crippen molar-refractivity contribution in [3.8, 4) is 0 Å². The van der Waals surface area contributed by atoms with Crippen molar-refractivity contribution >= 4 is 22.5 Å². The highest BCUT2D eigenvalue weighted by atomic mass is 16.1. The Kier molecular flexibility index (Phi) is 3.26. The summed E-state index contributed by atoms with van der Waals surface area (Å²) in [4.78, 5) is 15.6. The number of nitrogens with one attached hydrogen (secondary N) is 2. The number of aromatic amines is 1. The number of H-pyrrole nitrogens is 1. The molecule has 1 amide bonds. The number of carbonyl (C=O) groups excluding carboxylic acids is 1. The molecule has 0 bridgehead atoms. The quantitative estimate of drug-likeness (QED) is 0.785. The number of rotatable bonds is 2. The van der Waals surface area contributed by atoms with Crippen molar-refractivity contribution in [2.75, 3.05) is 5.32 Å². The lowest BCUT2D eigenvalue weighted by molar-refractivity contribution is -0.122. The summed E-state index contributed by atoms with van der Waals surface area (Å²) in [5, 5.41) is 4.12. The number of nitrogens with two attached hydrogens (primary N) is 1. The SMILES string of the molecule is CC1(N)CCCCC1C(=O)Nc1ccc2[nH]ccc2c1. The van der Waals surface area contributed by atoms with Crippen LogP contribution in [0.4, 0.5) is 5.69 Å². The second-order valence-electron chi connectivity index (χ2n) is 6.07. The van der Waals surface area contributed by atoms with Crippen LogP contribution in [-0.2, 0) is 4.79 Å². The van der Waals surface area contributed by atoms with E-state index in [1.807, 2.05) is 37.4 Å². The van der Waals surface area contributed by atoms with Crippen LogP contribution in [0.3, 0.4) is 0 Å². The maximum atomic E-state index is 12.5.